The highest BCUT2D eigenvalue weighted by Gasteiger charge is 2.35. The van der Waals surface area contributed by atoms with Crippen LogP contribution in [0.15, 0.2) is 29.2 Å². The van der Waals surface area contributed by atoms with Gasteiger partial charge in [-0.3, -0.25) is 4.79 Å². The minimum atomic E-state index is -3.35. The maximum Gasteiger partial charge on any atom is 0.305 e. The van der Waals surface area contributed by atoms with E-state index in [1.54, 1.807) is 24.3 Å². The zero-order valence-electron chi connectivity index (χ0n) is 12.1. The molecule has 1 saturated carbocycles. The highest BCUT2D eigenvalue weighted by molar-refractivity contribution is 7.90. The molecule has 0 heterocycles. The predicted molar refractivity (Wildman–Crippen MR) is 81.2 cm³/mol. The zero-order valence-corrected chi connectivity index (χ0v) is 12.9. The molecule has 0 radical (unpaired) electrons. The van der Waals surface area contributed by atoms with Crippen molar-refractivity contribution in [3.63, 3.8) is 0 Å². The van der Waals surface area contributed by atoms with Crippen LogP contribution in [0.4, 0.5) is 5.69 Å². The molecule has 0 spiro atoms. The Morgan fingerprint density at radius 1 is 1.24 bits per heavy atom. The van der Waals surface area contributed by atoms with E-state index in [0.717, 1.165) is 38.4 Å². The van der Waals surface area contributed by atoms with Crippen molar-refractivity contribution in [2.24, 2.45) is 0 Å². The van der Waals surface area contributed by atoms with Gasteiger partial charge in [0.2, 0.25) is 0 Å². The van der Waals surface area contributed by atoms with Gasteiger partial charge >= 0.3 is 5.97 Å². The van der Waals surface area contributed by atoms with Gasteiger partial charge in [-0.1, -0.05) is 31.4 Å². The Morgan fingerprint density at radius 2 is 1.86 bits per heavy atom. The van der Waals surface area contributed by atoms with Gasteiger partial charge in [-0.25, -0.2) is 8.42 Å². The van der Waals surface area contributed by atoms with E-state index in [2.05, 4.69) is 5.32 Å². The molecule has 6 heteroatoms. The van der Waals surface area contributed by atoms with E-state index in [4.69, 9.17) is 0 Å². The molecule has 21 heavy (non-hydrogen) atoms. The first-order chi connectivity index (χ1) is 9.82. The third-order valence-electron chi connectivity index (χ3n) is 3.99. The fraction of sp³-hybridized carbons (Fsp3) is 0.533. The van der Waals surface area contributed by atoms with Crippen LogP contribution in [0.25, 0.3) is 0 Å². The molecular weight excluding hydrogens is 290 g/mol. The third kappa shape index (κ3) is 3.97. The predicted octanol–water partition coefficient (Wildman–Crippen LogP) is 2.68. The number of benzene rings is 1. The second kappa shape index (κ2) is 6.05. The fourth-order valence-electron chi connectivity index (χ4n) is 3.04. The maximum atomic E-state index is 11.9. The molecule has 0 aromatic heterocycles. The second-order valence-corrected chi connectivity index (χ2v) is 7.79. The van der Waals surface area contributed by atoms with Crippen LogP contribution >= 0.6 is 0 Å². The Labute approximate surface area is 125 Å². The molecule has 116 valence electrons. The smallest absolute Gasteiger partial charge is 0.305 e. The van der Waals surface area contributed by atoms with Crippen molar-refractivity contribution >= 4 is 21.5 Å². The van der Waals surface area contributed by atoms with Crippen molar-refractivity contribution in [1.29, 1.82) is 0 Å². The number of anilines is 1. The SMILES string of the molecule is CS(=O)(=O)c1ccccc1NC1(CC(=O)O)CCCCC1. The van der Waals surface area contributed by atoms with E-state index < -0.39 is 21.3 Å². The number of hydrogen-bond donors (Lipinski definition) is 2. The lowest BCUT2D eigenvalue weighted by molar-refractivity contribution is -0.138. The highest BCUT2D eigenvalue weighted by atomic mass is 32.2. The first-order valence-corrected chi connectivity index (χ1v) is 9.01. The van der Waals surface area contributed by atoms with E-state index in [1.165, 1.54) is 0 Å². The van der Waals surface area contributed by atoms with E-state index in [0.29, 0.717) is 5.69 Å². The molecule has 5 nitrogen and oxygen atoms in total. The second-order valence-electron chi connectivity index (χ2n) is 5.80. The highest BCUT2D eigenvalue weighted by Crippen LogP contribution is 2.36. The average molecular weight is 311 g/mol. The van der Waals surface area contributed by atoms with Gasteiger partial charge in [0.1, 0.15) is 0 Å². The van der Waals surface area contributed by atoms with Crippen LogP contribution in [0.2, 0.25) is 0 Å². The Balaban J connectivity index is 2.35. The summed E-state index contributed by atoms with van der Waals surface area (Å²) in [6.07, 6.45) is 5.68. The van der Waals surface area contributed by atoms with Crippen LogP contribution in [0.3, 0.4) is 0 Å². The molecule has 0 saturated heterocycles. The lowest BCUT2D eigenvalue weighted by Gasteiger charge is -2.38. The summed E-state index contributed by atoms with van der Waals surface area (Å²) in [5.41, 5.74) is -0.0478. The van der Waals surface area contributed by atoms with Crippen LogP contribution < -0.4 is 5.32 Å². The molecule has 0 aliphatic heterocycles. The van der Waals surface area contributed by atoms with Gasteiger partial charge in [0.15, 0.2) is 9.84 Å². The molecular formula is C15H21NO4S. The molecule has 1 fully saturated rings. The number of aliphatic carboxylic acids is 1. The average Bonchev–Trinajstić information content (AvgIpc) is 2.38. The van der Waals surface area contributed by atoms with Gasteiger partial charge in [0.25, 0.3) is 0 Å². The lowest BCUT2D eigenvalue weighted by Crippen LogP contribution is -2.42. The molecule has 2 rings (SSSR count). The van der Waals surface area contributed by atoms with E-state index in [9.17, 15) is 18.3 Å². The van der Waals surface area contributed by atoms with Crippen molar-refractivity contribution in [3.05, 3.63) is 24.3 Å². The minimum absolute atomic E-state index is 0.00506. The normalized spacial score (nSPS) is 18.1. The first-order valence-electron chi connectivity index (χ1n) is 7.12. The Kier molecular flexibility index (Phi) is 4.56. The van der Waals surface area contributed by atoms with Crippen LogP contribution in [0.5, 0.6) is 0 Å². The van der Waals surface area contributed by atoms with E-state index in [1.807, 2.05) is 0 Å². The number of carboxylic acids is 1. The summed E-state index contributed by atoms with van der Waals surface area (Å²) in [5, 5.41) is 12.4. The third-order valence-corrected chi connectivity index (χ3v) is 5.14. The molecule has 0 unspecified atom stereocenters. The minimum Gasteiger partial charge on any atom is -0.481 e. The van der Waals surface area contributed by atoms with Crippen molar-refractivity contribution in [2.75, 3.05) is 11.6 Å². The number of nitrogens with one attached hydrogen (secondary N) is 1. The largest absolute Gasteiger partial charge is 0.481 e. The molecule has 1 aliphatic rings. The number of sulfone groups is 1. The quantitative estimate of drug-likeness (QED) is 0.873. The Bertz CT molecular complexity index is 618. The van der Waals surface area contributed by atoms with Crippen LogP contribution in [-0.2, 0) is 14.6 Å². The molecule has 0 amide bonds. The van der Waals surface area contributed by atoms with Gasteiger partial charge in [0, 0.05) is 11.8 Å². The Hall–Kier alpha value is -1.56. The molecule has 0 atom stereocenters. The summed E-state index contributed by atoms with van der Waals surface area (Å²) < 4.78 is 23.7. The molecule has 0 bridgehead atoms. The molecule has 2 N–H and O–H groups in total. The summed E-state index contributed by atoms with van der Waals surface area (Å²) in [4.78, 5) is 11.4. The Morgan fingerprint density at radius 3 is 2.43 bits per heavy atom. The van der Waals surface area contributed by atoms with Gasteiger partial charge in [0.05, 0.1) is 17.0 Å². The van der Waals surface area contributed by atoms with Gasteiger partial charge < -0.3 is 10.4 Å². The van der Waals surface area contributed by atoms with E-state index in [-0.39, 0.29) is 11.3 Å². The molecule has 1 aromatic rings. The number of carbonyl (C=O) groups is 1. The first kappa shape index (κ1) is 15.8. The summed E-state index contributed by atoms with van der Waals surface area (Å²) >= 11 is 0. The zero-order chi connectivity index (χ0) is 15.5. The topological polar surface area (TPSA) is 83.5 Å². The van der Waals surface area contributed by atoms with Crippen molar-refractivity contribution in [2.45, 2.75) is 49.0 Å². The van der Waals surface area contributed by atoms with Crippen LogP contribution in [-0.4, -0.2) is 31.3 Å². The fourth-order valence-corrected chi connectivity index (χ4v) is 3.89. The molecule has 1 aromatic carbocycles. The van der Waals surface area contributed by atoms with Crippen LogP contribution in [0.1, 0.15) is 38.5 Å². The summed E-state index contributed by atoms with van der Waals surface area (Å²) in [7, 11) is -3.35. The van der Waals surface area contributed by atoms with Gasteiger partial charge in [-0.05, 0) is 25.0 Å². The van der Waals surface area contributed by atoms with Crippen molar-refractivity contribution < 1.29 is 18.3 Å². The summed E-state index contributed by atoms with van der Waals surface area (Å²) in [5.74, 6) is -0.860. The van der Waals surface area contributed by atoms with Crippen molar-refractivity contribution in [1.82, 2.24) is 0 Å². The van der Waals surface area contributed by atoms with Crippen molar-refractivity contribution in [3.8, 4) is 0 Å². The van der Waals surface area contributed by atoms with Gasteiger partial charge in [-0.15, -0.1) is 0 Å². The monoisotopic (exact) mass is 311 g/mol. The van der Waals surface area contributed by atoms with E-state index >= 15 is 0 Å². The maximum absolute atomic E-state index is 11.9. The number of hydrogen-bond acceptors (Lipinski definition) is 4. The summed E-state index contributed by atoms with van der Waals surface area (Å²) in [6, 6.07) is 6.68. The van der Waals surface area contributed by atoms with Crippen LogP contribution in [0, 0.1) is 0 Å². The van der Waals surface area contributed by atoms with Gasteiger partial charge in [-0.2, -0.15) is 0 Å². The lowest BCUT2D eigenvalue weighted by atomic mass is 9.79. The number of carboxylic acid groups (broad SMARTS) is 1. The standard InChI is InChI=1S/C15H21NO4S/c1-21(19,20)13-8-4-3-7-12(13)16-15(11-14(17)18)9-5-2-6-10-15/h3-4,7-8,16H,2,5-6,9-11H2,1H3,(H,17,18). The number of para-hydroxylation sites is 1. The summed E-state index contributed by atoms with van der Waals surface area (Å²) in [6.45, 7) is 0. The molecule has 1 aliphatic carbocycles. The number of rotatable bonds is 5.